The van der Waals surface area contributed by atoms with Crippen molar-refractivity contribution in [1.82, 2.24) is 0 Å². The number of carbonyl (C=O) groups excluding carboxylic acids is 2. The molecule has 0 aliphatic rings. The van der Waals surface area contributed by atoms with Gasteiger partial charge in [0.1, 0.15) is 5.75 Å². The van der Waals surface area contributed by atoms with Gasteiger partial charge in [0.2, 0.25) is 0 Å². The Balaban J connectivity index is 2.01. The van der Waals surface area contributed by atoms with Crippen molar-refractivity contribution in [2.45, 2.75) is 13.0 Å². The number of esters is 1. The molecule has 0 aliphatic heterocycles. The van der Waals surface area contributed by atoms with E-state index in [0.717, 1.165) is 6.07 Å². The van der Waals surface area contributed by atoms with E-state index in [2.05, 4.69) is 5.32 Å². The summed E-state index contributed by atoms with van der Waals surface area (Å²) in [6.45, 7) is 1.38. The molecule has 0 saturated carbocycles. The molecule has 1 N–H and O–H groups in total. The highest BCUT2D eigenvalue weighted by Gasteiger charge is 2.20. The number of halogens is 1. The van der Waals surface area contributed by atoms with Crippen molar-refractivity contribution >= 4 is 40.9 Å². The van der Waals surface area contributed by atoms with E-state index in [0.29, 0.717) is 10.6 Å². The molecule has 0 heterocycles. The quantitative estimate of drug-likeness (QED) is 0.325. The van der Waals surface area contributed by atoms with Gasteiger partial charge in [-0.2, -0.15) is 0 Å². The number of nitrogens with one attached hydrogen (secondary N) is 1. The van der Waals surface area contributed by atoms with E-state index in [-0.39, 0.29) is 17.1 Å². The number of nitro groups is 1. The summed E-state index contributed by atoms with van der Waals surface area (Å²) < 4.78 is 10.1. The number of ether oxygens (including phenoxy) is 2. The van der Waals surface area contributed by atoms with Crippen LogP contribution in [0.3, 0.4) is 0 Å². The van der Waals surface area contributed by atoms with Gasteiger partial charge in [0.15, 0.2) is 6.10 Å². The summed E-state index contributed by atoms with van der Waals surface area (Å²) in [6.07, 6.45) is 1.53. The molecule has 8 nitrogen and oxygen atoms in total. The van der Waals surface area contributed by atoms with E-state index in [1.807, 2.05) is 0 Å². The molecule has 1 atom stereocenters. The molecule has 0 aromatic heterocycles. The summed E-state index contributed by atoms with van der Waals surface area (Å²) in [5, 5.41) is 13.9. The molecule has 0 radical (unpaired) electrons. The third kappa shape index (κ3) is 5.82. The second-order valence-electron chi connectivity index (χ2n) is 5.60. The highest BCUT2D eigenvalue weighted by molar-refractivity contribution is 6.30. The topological polar surface area (TPSA) is 108 Å². The van der Waals surface area contributed by atoms with Crippen LogP contribution in [0.4, 0.5) is 11.4 Å². The number of anilines is 1. The van der Waals surface area contributed by atoms with Crippen LogP contribution in [0.5, 0.6) is 5.75 Å². The first kappa shape index (κ1) is 20.9. The summed E-state index contributed by atoms with van der Waals surface area (Å²) in [7, 11) is 1.36. The van der Waals surface area contributed by atoms with Gasteiger partial charge in [-0.1, -0.05) is 23.7 Å². The molecule has 1 amide bonds. The molecule has 146 valence electrons. The Morgan fingerprint density at radius 1 is 1.25 bits per heavy atom. The van der Waals surface area contributed by atoms with Crippen LogP contribution in [-0.4, -0.2) is 30.0 Å². The first-order valence-electron chi connectivity index (χ1n) is 8.07. The Kier molecular flexibility index (Phi) is 7.11. The van der Waals surface area contributed by atoms with Gasteiger partial charge in [-0.3, -0.25) is 14.9 Å². The molecule has 0 aliphatic carbocycles. The predicted octanol–water partition coefficient (Wildman–Crippen LogP) is 3.84. The van der Waals surface area contributed by atoms with E-state index in [9.17, 15) is 19.7 Å². The van der Waals surface area contributed by atoms with Crippen LogP contribution < -0.4 is 10.1 Å². The molecular formula is C19H17ClN2O6. The minimum Gasteiger partial charge on any atom is -0.495 e. The molecule has 9 heteroatoms. The average Bonchev–Trinajstić information content (AvgIpc) is 2.66. The number of nitro benzene ring substituents is 1. The molecule has 2 aromatic carbocycles. The van der Waals surface area contributed by atoms with Gasteiger partial charge in [0, 0.05) is 23.2 Å². The highest BCUT2D eigenvalue weighted by Crippen LogP contribution is 2.29. The molecule has 28 heavy (non-hydrogen) atoms. The van der Waals surface area contributed by atoms with Crippen molar-refractivity contribution in [3.63, 3.8) is 0 Å². The molecule has 2 rings (SSSR count). The fraction of sp³-hybridized carbons (Fsp3) is 0.158. The van der Waals surface area contributed by atoms with Gasteiger partial charge in [-0.25, -0.2) is 4.79 Å². The zero-order valence-corrected chi connectivity index (χ0v) is 15.8. The third-order valence-corrected chi connectivity index (χ3v) is 3.81. The van der Waals surface area contributed by atoms with E-state index in [4.69, 9.17) is 21.1 Å². The largest absolute Gasteiger partial charge is 0.495 e. The number of non-ortho nitro benzene ring substituents is 1. The second kappa shape index (κ2) is 9.52. The van der Waals surface area contributed by atoms with E-state index < -0.39 is 22.9 Å². The molecule has 0 unspecified atom stereocenters. The molecular weight excluding hydrogens is 388 g/mol. The van der Waals surface area contributed by atoms with Crippen LogP contribution in [0.25, 0.3) is 6.08 Å². The van der Waals surface area contributed by atoms with Crippen molar-refractivity contribution < 1.29 is 24.0 Å². The molecule has 0 spiro atoms. The Labute approximate surface area is 165 Å². The van der Waals surface area contributed by atoms with E-state index in [1.54, 1.807) is 24.3 Å². The van der Waals surface area contributed by atoms with Crippen LogP contribution in [0.1, 0.15) is 12.5 Å². The fourth-order valence-electron chi connectivity index (χ4n) is 2.18. The maximum Gasteiger partial charge on any atom is 0.331 e. The van der Waals surface area contributed by atoms with E-state index >= 15 is 0 Å². The van der Waals surface area contributed by atoms with Crippen LogP contribution >= 0.6 is 11.6 Å². The van der Waals surface area contributed by atoms with Gasteiger partial charge in [0.25, 0.3) is 11.6 Å². The summed E-state index contributed by atoms with van der Waals surface area (Å²) in [6, 6.07) is 10.6. The zero-order valence-electron chi connectivity index (χ0n) is 15.0. The van der Waals surface area contributed by atoms with Crippen LogP contribution in [-0.2, 0) is 14.3 Å². The lowest BCUT2D eigenvalue weighted by molar-refractivity contribution is -0.384. The van der Waals surface area contributed by atoms with Gasteiger partial charge < -0.3 is 14.8 Å². The van der Waals surface area contributed by atoms with Gasteiger partial charge in [-0.15, -0.1) is 0 Å². The van der Waals surface area contributed by atoms with Gasteiger partial charge in [-0.05, 0) is 36.8 Å². The minimum atomic E-state index is -1.14. The SMILES string of the molecule is COc1ccc([N+](=O)[O-])cc1NC(=O)[C@H](C)OC(=O)/C=C/c1cccc(Cl)c1. The standard InChI is InChI=1S/C19H17ClN2O6/c1-12(28-18(23)9-6-13-4-3-5-14(20)10-13)19(24)21-16-11-15(22(25)26)7-8-17(16)27-2/h3-12H,1-2H3,(H,21,24)/b9-6+/t12-/m0/s1. The summed E-state index contributed by atoms with van der Waals surface area (Å²) in [5.74, 6) is -1.16. The summed E-state index contributed by atoms with van der Waals surface area (Å²) in [4.78, 5) is 34.5. The second-order valence-corrected chi connectivity index (χ2v) is 6.03. The number of rotatable bonds is 7. The first-order valence-corrected chi connectivity index (χ1v) is 8.45. The van der Waals surface area contributed by atoms with Gasteiger partial charge in [0.05, 0.1) is 17.7 Å². The lowest BCUT2D eigenvalue weighted by Gasteiger charge is -2.14. The molecule has 0 bridgehead atoms. The number of nitrogens with zero attached hydrogens (tertiary/aromatic N) is 1. The Morgan fingerprint density at radius 3 is 2.64 bits per heavy atom. The summed E-state index contributed by atoms with van der Waals surface area (Å²) in [5.41, 5.74) is 0.576. The van der Waals surface area contributed by atoms with Crippen LogP contribution in [0.2, 0.25) is 5.02 Å². The van der Waals surface area contributed by atoms with E-state index in [1.165, 1.54) is 38.3 Å². The number of methoxy groups -OCH3 is 1. The maximum absolute atomic E-state index is 12.3. The molecule has 2 aromatic rings. The van der Waals surface area contributed by atoms with Gasteiger partial charge >= 0.3 is 5.97 Å². The third-order valence-electron chi connectivity index (χ3n) is 3.57. The van der Waals surface area contributed by atoms with Crippen LogP contribution in [0.15, 0.2) is 48.5 Å². The summed E-state index contributed by atoms with van der Waals surface area (Å²) >= 11 is 5.86. The smallest absolute Gasteiger partial charge is 0.331 e. The average molecular weight is 405 g/mol. The maximum atomic E-state index is 12.3. The van der Waals surface area contributed by atoms with Crippen molar-refractivity contribution in [3.05, 3.63) is 69.2 Å². The van der Waals surface area contributed by atoms with Crippen molar-refractivity contribution in [1.29, 1.82) is 0 Å². The lowest BCUT2D eigenvalue weighted by Crippen LogP contribution is -2.29. The Bertz CT molecular complexity index is 928. The minimum absolute atomic E-state index is 0.0964. The number of hydrogen-bond donors (Lipinski definition) is 1. The normalized spacial score (nSPS) is 11.7. The number of amides is 1. The number of hydrogen-bond acceptors (Lipinski definition) is 6. The first-order chi connectivity index (χ1) is 13.3. The Hall–Kier alpha value is -3.39. The van der Waals surface area contributed by atoms with Crippen molar-refractivity contribution in [3.8, 4) is 5.75 Å². The predicted molar refractivity (Wildman–Crippen MR) is 104 cm³/mol. The number of benzene rings is 2. The highest BCUT2D eigenvalue weighted by atomic mass is 35.5. The lowest BCUT2D eigenvalue weighted by atomic mass is 10.2. The monoisotopic (exact) mass is 404 g/mol. The Morgan fingerprint density at radius 2 is 2.00 bits per heavy atom. The van der Waals surface area contributed by atoms with Crippen molar-refractivity contribution in [2.24, 2.45) is 0 Å². The fourth-order valence-corrected chi connectivity index (χ4v) is 2.38. The van der Waals surface area contributed by atoms with Crippen molar-refractivity contribution in [2.75, 3.05) is 12.4 Å². The molecule has 0 fully saturated rings. The zero-order chi connectivity index (χ0) is 20.7. The number of carbonyl (C=O) groups is 2. The van der Waals surface area contributed by atoms with Crippen LogP contribution in [0, 0.1) is 10.1 Å². The molecule has 0 saturated heterocycles.